The van der Waals surface area contributed by atoms with E-state index in [1.807, 2.05) is 0 Å². The second-order valence-electron chi connectivity index (χ2n) is 6.59. The van der Waals surface area contributed by atoms with E-state index < -0.39 is 0 Å². The normalized spacial score (nSPS) is 20.7. The molecular formula is C19H22ClN2O2+. The number of nitrogens with one attached hydrogen (secondary N) is 1. The number of nitro groups is 1. The van der Waals surface area contributed by atoms with Crippen molar-refractivity contribution in [1.29, 1.82) is 0 Å². The number of hydrogen-bond donors (Lipinski definition) is 1. The molecule has 24 heavy (non-hydrogen) atoms. The second-order valence-corrected chi connectivity index (χ2v) is 7.00. The van der Waals surface area contributed by atoms with Crippen LogP contribution in [-0.2, 0) is 13.0 Å². The van der Waals surface area contributed by atoms with Crippen molar-refractivity contribution in [2.24, 2.45) is 5.92 Å². The van der Waals surface area contributed by atoms with Gasteiger partial charge in [0.05, 0.1) is 18.0 Å². The van der Waals surface area contributed by atoms with E-state index in [0.717, 1.165) is 37.5 Å². The Morgan fingerprint density at radius 2 is 1.83 bits per heavy atom. The summed E-state index contributed by atoms with van der Waals surface area (Å²) in [5.41, 5.74) is 2.41. The summed E-state index contributed by atoms with van der Waals surface area (Å²) in [7, 11) is 0. The second kappa shape index (κ2) is 7.77. The Morgan fingerprint density at radius 3 is 2.50 bits per heavy atom. The number of rotatable bonds is 5. The first kappa shape index (κ1) is 16.9. The molecule has 2 aromatic carbocycles. The highest BCUT2D eigenvalue weighted by Crippen LogP contribution is 2.22. The fourth-order valence-electron chi connectivity index (χ4n) is 3.49. The third kappa shape index (κ3) is 4.34. The molecule has 4 nitrogen and oxygen atoms in total. The molecule has 0 unspecified atom stereocenters. The van der Waals surface area contributed by atoms with Crippen LogP contribution in [0.15, 0.2) is 48.5 Å². The number of non-ortho nitro benzene ring substituents is 1. The summed E-state index contributed by atoms with van der Waals surface area (Å²) in [5, 5.41) is 11.6. The topological polar surface area (TPSA) is 47.6 Å². The number of quaternary nitrogens is 1. The highest BCUT2D eigenvalue weighted by molar-refractivity contribution is 6.31. The Labute approximate surface area is 147 Å². The van der Waals surface area contributed by atoms with Gasteiger partial charge >= 0.3 is 0 Å². The lowest BCUT2D eigenvalue weighted by Gasteiger charge is -2.29. The molecule has 0 aliphatic carbocycles. The van der Waals surface area contributed by atoms with Crippen molar-refractivity contribution in [2.75, 3.05) is 13.1 Å². The van der Waals surface area contributed by atoms with Gasteiger partial charge in [0.25, 0.3) is 5.69 Å². The molecule has 3 rings (SSSR count). The molecule has 0 aromatic heterocycles. The van der Waals surface area contributed by atoms with Crippen molar-refractivity contribution in [2.45, 2.75) is 25.8 Å². The maximum absolute atomic E-state index is 10.9. The number of piperidine rings is 1. The average Bonchev–Trinajstić information content (AvgIpc) is 2.59. The Bertz CT molecular complexity index is 698. The van der Waals surface area contributed by atoms with Crippen LogP contribution in [0.5, 0.6) is 0 Å². The van der Waals surface area contributed by atoms with Crippen molar-refractivity contribution < 1.29 is 9.82 Å². The number of likely N-dealkylation sites (tertiary alicyclic amines) is 1. The number of halogens is 1. The molecule has 126 valence electrons. The third-order valence-corrected chi connectivity index (χ3v) is 5.23. The Hall–Kier alpha value is -1.91. The van der Waals surface area contributed by atoms with Crippen LogP contribution in [0.3, 0.4) is 0 Å². The molecule has 1 fully saturated rings. The van der Waals surface area contributed by atoms with Crippen LogP contribution in [0.2, 0.25) is 5.02 Å². The first-order chi connectivity index (χ1) is 11.6. The smallest absolute Gasteiger partial charge is 0.270 e. The fraction of sp³-hybridized carbons (Fsp3) is 0.368. The molecule has 0 amide bonds. The van der Waals surface area contributed by atoms with Gasteiger partial charge in [0.15, 0.2) is 0 Å². The zero-order valence-electron chi connectivity index (χ0n) is 13.6. The summed E-state index contributed by atoms with van der Waals surface area (Å²) >= 11 is 6.22. The van der Waals surface area contributed by atoms with Crippen LogP contribution in [0.25, 0.3) is 0 Å². The van der Waals surface area contributed by atoms with Gasteiger partial charge in [-0.05, 0) is 36.8 Å². The van der Waals surface area contributed by atoms with Gasteiger partial charge in [-0.3, -0.25) is 10.1 Å². The van der Waals surface area contributed by atoms with Gasteiger partial charge in [-0.1, -0.05) is 41.9 Å². The monoisotopic (exact) mass is 345 g/mol. The molecule has 1 saturated heterocycles. The van der Waals surface area contributed by atoms with E-state index in [9.17, 15) is 10.1 Å². The van der Waals surface area contributed by atoms with E-state index in [1.165, 1.54) is 29.4 Å². The largest absolute Gasteiger partial charge is 0.331 e. The van der Waals surface area contributed by atoms with Crippen LogP contribution in [0.1, 0.15) is 24.0 Å². The summed E-state index contributed by atoms with van der Waals surface area (Å²) in [6, 6.07) is 15.4. The predicted octanol–water partition coefficient (Wildman–Crippen LogP) is 3.29. The summed E-state index contributed by atoms with van der Waals surface area (Å²) in [6.45, 7) is 2.95. The highest BCUT2D eigenvalue weighted by Gasteiger charge is 2.23. The van der Waals surface area contributed by atoms with E-state index in [4.69, 9.17) is 11.6 Å². The summed E-state index contributed by atoms with van der Waals surface area (Å²) in [5.74, 6) is 0.733. The standard InChI is InChI=1S/C19H21ClN2O2/c20-19-7-6-18(22(23)24)13-17(19)14-21-10-8-16(9-11-21)12-15-4-2-1-3-5-15/h1-7,13,16H,8-12,14H2/p+1. The molecule has 1 aliphatic rings. The highest BCUT2D eigenvalue weighted by atomic mass is 35.5. The first-order valence-corrected chi connectivity index (χ1v) is 8.80. The quantitative estimate of drug-likeness (QED) is 0.667. The maximum Gasteiger partial charge on any atom is 0.270 e. The van der Waals surface area contributed by atoms with Crippen LogP contribution in [-0.4, -0.2) is 18.0 Å². The van der Waals surface area contributed by atoms with Crippen molar-refractivity contribution in [1.82, 2.24) is 0 Å². The van der Waals surface area contributed by atoms with Crippen molar-refractivity contribution in [3.05, 3.63) is 74.8 Å². The van der Waals surface area contributed by atoms with Gasteiger partial charge in [0, 0.05) is 22.7 Å². The number of nitro benzene ring substituents is 1. The predicted molar refractivity (Wildman–Crippen MR) is 95.4 cm³/mol. The molecule has 0 saturated carbocycles. The summed E-state index contributed by atoms with van der Waals surface area (Å²) in [6.07, 6.45) is 3.53. The van der Waals surface area contributed by atoms with Crippen molar-refractivity contribution in [3.63, 3.8) is 0 Å². The number of hydrogen-bond acceptors (Lipinski definition) is 2. The molecule has 0 bridgehead atoms. The molecule has 1 aliphatic heterocycles. The van der Waals surface area contributed by atoms with Gasteiger partial charge in [0.2, 0.25) is 0 Å². The third-order valence-electron chi connectivity index (χ3n) is 4.86. The number of nitrogens with zero attached hydrogens (tertiary/aromatic N) is 1. The fourth-order valence-corrected chi connectivity index (χ4v) is 3.68. The van der Waals surface area contributed by atoms with Crippen molar-refractivity contribution >= 4 is 17.3 Å². The Morgan fingerprint density at radius 1 is 1.12 bits per heavy atom. The van der Waals surface area contributed by atoms with E-state index in [-0.39, 0.29) is 10.6 Å². The average molecular weight is 346 g/mol. The van der Waals surface area contributed by atoms with Gasteiger partial charge in [0.1, 0.15) is 6.54 Å². The van der Waals surface area contributed by atoms with E-state index in [2.05, 4.69) is 30.3 Å². The maximum atomic E-state index is 10.9. The SMILES string of the molecule is O=[N+]([O-])c1ccc(Cl)c(C[NH+]2CCC(Cc3ccccc3)CC2)c1. The minimum atomic E-state index is -0.360. The van der Waals surface area contributed by atoms with Crippen molar-refractivity contribution in [3.8, 4) is 0 Å². The van der Waals surface area contributed by atoms with E-state index in [0.29, 0.717) is 5.02 Å². The molecule has 0 radical (unpaired) electrons. The lowest BCUT2D eigenvalue weighted by Crippen LogP contribution is -3.11. The van der Waals surface area contributed by atoms with Gasteiger partial charge in [-0.15, -0.1) is 0 Å². The number of benzene rings is 2. The molecule has 0 spiro atoms. The molecule has 5 heteroatoms. The molecule has 2 aromatic rings. The summed E-state index contributed by atoms with van der Waals surface area (Å²) < 4.78 is 0. The lowest BCUT2D eigenvalue weighted by atomic mass is 9.90. The van der Waals surface area contributed by atoms with Crippen LogP contribution >= 0.6 is 11.6 Å². The lowest BCUT2D eigenvalue weighted by molar-refractivity contribution is -0.919. The van der Waals surface area contributed by atoms with Crippen LogP contribution < -0.4 is 4.90 Å². The van der Waals surface area contributed by atoms with Gasteiger partial charge in [-0.2, -0.15) is 0 Å². The minimum Gasteiger partial charge on any atom is -0.331 e. The van der Waals surface area contributed by atoms with E-state index >= 15 is 0 Å². The molecule has 0 atom stereocenters. The zero-order valence-corrected chi connectivity index (χ0v) is 14.3. The van der Waals surface area contributed by atoms with E-state index in [1.54, 1.807) is 12.1 Å². The van der Waals surface area contributed by atoms with Crippen LogP contribution in [0, 0.1) is 16.0 Å². The molecule has 1 heterocycles. The summed E-state index contributed by atoms with van der Waals surface area (Å²) in [4.78, 5) is 12.0. The zero-order chi connectivity index (χ0) is 16.9. The Kier molecular flexibility index (Phi) is 5.48. The molecule has 1 N–H and O–H groups in total. The first-order valence-electron chi connectivity index (χ1n) is 8.42. The minimum absolute atomic E-state index is 0.118. The van der Waals surface area contributed by atoms with Gasteiger partial charge in [-0.25, -0.2) is 0 Å². The van der Waals surface area contributed by atoms with Crippen LogP contribution in [0.4, 0.5) is 5.69 Å². The van der Waals surface area contributed by atoms with Gasteiger partial charge < -0.3 is 4.90 Å². The molecular weight excluding hydrogens is 324 g/mol. The Balaban J connectivity index is 1.56.